The molecule has 0 bridgehead atoms. The van der Waals surface area contributed by atoms with Crippen molar-refractivity contribution < 1.29 is 27.2 Å². The Morgan fingerprint density at radius 2 is 1.90 bits per heavy atom. The number of likely N-dealkylation sites (N-methyl/N-ethyl adjacent to an activating group) is 1. The van der Waals surface area contributed by atoms with Crippen molar-refractivity contribution in [2.75, 3.05) is 44.4 Å². The van der Waals surface area contributed by atoms with Gasteiger partial charge >= 0.3 is 6.18 Å². The molecule has 2 aromatic carbocycles. The minimum absolute atomic E-state index is 0.0121. The summed E-state index contributed by atoms with van der Waals surface area (Å²) in [5, 5.41) is 3.74. The second-order valence-corrected chi connectivity index (χ2v) is 13.8. The minimum atomic E-state index is -4.62. The number of halogens is 3. The molecule has 48 heavy (non-hydrogen) atoms. The van der Waals surface area contributed by atoms with Gasteiger partial charge < -0.3 is 24.2 Å². The van der Waals surface area contributed by atoms with E-state index in [0.717, 1.165) is 44.5 Å². The standard InChI is InChI=1S/C35H38F3N5O4S/c1-23(24-13-16-46-17-14-24)30-18-26-19-39-34(40-27-9-11-28(12-10-27)47-29-7-5-15-42(2)21-29)41-32(26)43(33(30)44)20-25-6-3-4-8-31(25)48(45)22-35(36,37)38/h3-4,6,8-12,18-19,24,29H,1,5,7,13-17,20-22H2,2H3,(H,39,40,41). The number of anilines is 2. The maximum atomic E-state index is 14.2. The van der Waals surface area contributed by atoms with E-state index in [1.807, 2.05) is 24.3 Å². The average molecular weight is 682 g/mol. The molecule has 2 fully saturated rings. The minimum Gasteiger partial charge on any atom is -0.611 e. The van der Waals surface area contributed by atoms with Crippen LogP contribution in [-0.4, -0.2) is 75.4 Å². The number of pyridine rings is 1. The summed E-state index contributed by atoms with van der Waals surface area (Å²) in [5.41, 5.74) is 1.96. The van der Waals surface area contributed by atoms with Crippen molar-refractivity contribution in [3.05, 3.63) is 88.9 Å². The topological polar surface area (TPSA) is 105 Å². The normalized spacial score (nSPS) is 18.5. The third-order valence-electron chi connectivity index (χ3n) is 8.72. The average Bonchev–Trinajstić information content (AvgIpc) is 3.06. The van der Waals surface area contributed by atoms with Crippen LogP contribution >= 0.6 is 0 Å². The van der Waals surface area contributed by atoms with E-state index in [-0.39, 0.29) is 35.1 Å². The van der Waals surface area contributed by atoms with Crippen LogP contribution in [0, 0.1) is 5.92 Å². The van der Waals surface area contributed by atoms with Crippen LogP contribution in [0.25, 0.3) is 16.6 Å². The van der Waals surface area contributed by atoms with Gasteiger partial charge in [-0.3, -0.25) is 9.36 Å². The number of alkyl halides is 3. The van der Waals surface area contributed by atoms with Crippen LogP contribution in [-0.2, 0) is 22.5 Å². The van der Waals surface area contributed by atoms with E-state index < -0.39 is 28.7 Å². The molecular formula is C35H38F3N5O4S. The molecule has 2 aliphatic heterocycles. The summed E-state index contributed by atoms with van der Waals surface area (Å²) in [6.07, 6.45) is 0.649. The fourth-order valence-electron chi connectivity index (χ4n) is 6.27. The highest BCUT2D eigenvalue weighted by Gasteiger charge is 2.36. The number of fused-ring (bicyclic) bond motifs is 1. The predicted octanol–water partition coefficient (Wildman–Crippen LogP) is 6.17. The Labute approximate surface area is 280 Å². The molecule has 254 valence electrons. The van der Waals surface area contributed by atoms with Crippen molar-refractivity contribution >= 4 is 39.4 Å². The molecule has 1 N–H and O–H groups in total. The lowest BCUT2D eigenvalue weighted by atomic mass is 9.88. The van der Waals surface area contributed by atoms with E-state index in [0.29, 0.717) is 41.0 Å². The van der Waals surface area contributed by atoms with Crippen molar-refractivity contribution in [2.24, 2.45) is 5.92 Å². The number of nitrogens with one attached hydrogen (secondary N) is 1. The summed E-state index contributed by atoms with van der Waals surface area (Å²) in [5.74, 6) is -0.467. The lowest BCUT2D eigenvalue weighted by Gasteiger charge is -2.30. The smallest absolute Gasteiger partial charge is 0.433 e. The van der Waals surface area contributed by atoms with E-state index in [2.05, 4.69) is 28.8 Å². The van der Waals surface area contributed by atoms with Gasteiger partial charge in [0, 0.05) is 48.2 Å². The molecule has 2 unspecified atom stereocenters. The molecule has 0 radical (unpaired) electrons. The first kappa shape index (κ1) is 34.0. The largest absolute Gasteiger partial charge is 0.611 e. The summed E-state index contributed by atoms with van der Waals surface area (Å²) in [4.78, 5) is 25.7. The molecule has 0 spiro atoms. The molecular weight excluding hydrogens is 643 g/mol. The van der Waals surface area contributed by atoms with Crippen LogP contribution in [0.2, 0.25) is 0 Å². The fraction of sp³-hybridized carbons (Fsp3) is 0.400. The first-order chi connectivity index (χ1) is 23.0. The van der Waals surface area contributed by atoms with Crippen molar-refractivity contribution in [3.63, 3.8) is 0 Å². The predicted molar refractivity (Wildman–Crippen MR) is 180 cm³/mol. The van der Waals surface area contributed by atoms with Gasteiger partial charge in [-0.2, -0.15) is 18.2 Å². The number of benzene rings is 2. The Morgan fingerprint density at radius 1 is 1.15 bits per heavy atom. The number of ether oxygens (including phenoxy) is 2. The highest BCUT2D eigenvalue weighted by Crippen LogP contribution is 2.31. The number of piperidine rings is 1. The van der Waals surface area contributed by atoms with Crippen molar-refractivity contribution in [2.45, 2.75) is 49.4 Å². The lowest BCUT2D eigenvalue weighted by Crippen LogP contribution is -2.38. The van der Waals surface area contributed by atoms with E-state index in [1.165, 1.54) is 16.7 Å². The first-order valence-electron chi connectivity index (χ1n) is 16.0. The van der Waals surface area contributed by atoms with Gasteiger partial charge in [0.2, 0.25) is 11.7 Å². The first-order valence-corrected chi connectivity index (χ1v) is 17.3. The Morgan fingerprint density at radius 3 is 2.62 bits per heavy atom. The highest BCUT2D eigenvalue weighted by molar-refractivity contribution is 7.91. The molecule has 4 heterocycles. The summed E-state index contributed by atoms with van der Waals surface area (Å²) < 4.78 is 65.5. The molecule has 2 aliphatic rings. The van der Waals surface area contributed by atoms with Crippen LogP contribution in [0.4, 0.5) is 24.8 Å². The van der Waals surface area contributed by atoms with E-state index in [9.17, 15) is 22.5 Å². The number of likely N-dealkylation sites (tertiary alicyclic amines) is 1. The number of nitrogens with zero attached hydrogens (tertiary/aromatic N) is 4. The van der Waals surface area contributed by atoms with Crippen LogP contribution in [0.5, 0.6) is 5.75 Å². The van der Waals surface area contributed by atoms with Gasteiger partial charge in [-0.15, -0.1) is 0 Å². The summed E-state index contributed by atoms with van der Waals surface area (Å²) in [7, 11) is 2.09. The summed E-state index contributed by atoms with van der Waals surface area (Å²) >= 11 is -2.36. The molecule has 6 rings (SSSR count). The number of aromatic nitrogens is 3. The van der Waals surface area contributed by atoms with Crippen molar-refractivity contribution in [1.29, 1.82) is 0 Å². The molecule has 13 heteroatoms. The SMILES string of the molecule is C=C(c1cc2cnc(Nc3ccc(OC4CCCN(C)C4)cc3)nc2n(Cc2ccccc2[S+]([O-])CC(F)(F)F)c1=O)C1CCOCC1. The molecule has 0 saturated carbocycles. The molecule has 0 amide bonds. The summed E-state index contributed by atoms with van der Waals surface area (Å²) in [6, 6.07) is 15.3. The Hall–Kier alpha value is -3.91. The lowest BCUT2D eigenvalue weighted by molar-refractivity contribution is -0.106. The van der Waals surface area contributed by atoms with Crippen LogP contribution in [0.15, 0.2) is 77.1 Å². The second kappa shape index (κ2) is 14.7. The maximum absolute atomic E-state index is 14.2. The number of hydrogen-bond donors (Lipinski definition) is 1. The van der Waals surface area contributed by atoms with E-state index >= 15 is 0 Å². The zero-order valence-electron chi connectivity index (χ0n) is 26.7. The van der Waals surface area contributed by atoms with Crippen LogP contribution in [0.1, 0.15) is 36.8 Å². The maximum Gasteiger partial charge on any atom is 0.433 e. The van der Waals surface area contributed by atoms with E-state index in [4.69, 9.17) is 14.5 Å². The van der Waals surface area contributed by atoms with Crippen molar-refractivity contribution in [1.82, 2.24) is 19.4 Å². The Bertz CT molecular complexity index is 1810. The highest BCUT2D eigenvalue weighted by atomic mass is 32.2. The number of rotatable bonds is 10. The van der Waals surface area contributed by atoms with Gasteiger partial charge in [0.05, 0.1) is 6.54 Å². The van der Waals surface area contributed by atoms with Gasteiger partial charge in [0.15, 0.2) is 4.90 Å². The molecule has 2 aromatic heterocycles. The zero-order chi connectivity index (χ0) is 33.8. The molecule has 2 atom stereocenters. The summed E-state index contributed by atoms with van der Waals surface area (Å²) in [6.45, 7) is 7.18. The van der Waals surface area contributed by atoms with Gasteiger partial charge in [0.25, 0.3) is 5.56 Å². The third kappa shape index (κ3) is 8.20. The van der Waals surface area contributed by atoms with Crippen molar-refractivity contribution in [3.8, 4) is 5.75 Å². The molecule has 4 aromatic rings. The quantitative estimate of drug-likeness (QED) is 0.199. The Balaban J connectivity index is 1.33. The van der Waals surface area contributed by atoms with E-state index in [1.54, 1.807) is 24.4 Å². The molecule has 9 nitrogen and oxygen atoms in total. The number of hydrogen-bond acceptors (Lipinski definition) is 8. The van der Waals surface area contributed by atoms with Crippen LogP contribution in [0.3, 0.4) is 0 Å². The van der Waals surface area contributed by atoms with Gasteiger partial charge in [-0.1, -0.05) is 24.8 Å². The molecule has 2 saturated heterocycles. The zero-order valence-corrected chi connectivity index (χ0v) is 27.5. The van der Waals surface area contributed by atoms with Gasteiger partial charge in [0.1, 0.15) is 17.5 Å². The van der Waals surface area contributed by atoms with Crippen LogP contribution < -0.4 is 15.6 Å². The third-order valence-corrected chi connectivity index (χ3v) is 10.2. The van der Waals surface area contributed by atoms with Gasteiger partial charge in [-0.25, -0.2) is 4.98 Å². The van der Waals surface area contributed by atoms with Gasteiger partial charge in [-0.05, 0) is 98.3 Å². The Kier molecular flexibility index (Phi) is 10.4. The molecule has 0 aliphatic carbocycles. The monoisotopic (exact) mass is 681 g/mol. The fourth-order valence-corrected chi connectivity index (χ4v) is 7.38. The second-order valence-electron chi connectivity index (χ2n) is 12.3. The number of allylic oxidation sites excluding steroid dienone is 1.